The van der Waals surface area contributed by atoms with Crippen molar-refractivity contribution in [2.75, 3.05) is 5.73 Å². The Bertz CT molecular complexity index is 348. The third-order valence-corrected chi connectivity index (χ3v) is 1.69. The molecular weight excluding hydrogens is 180 g/mol. The highest BCUT2D eigenvalue weighted by atomic mass is 16.3. The number of hydrogen-bond donors (Lipinski definition) is 3. The smallest absolute Gasteiger partial charge is 0.255 e. The van der Waals surface area contributed by atoms with Gasteiger partial charge in [0.2, 0.25) is 0 Å². The van der Waals surface area contributed by atoms with Gasteiger partial charge >= 0.3 is 0 Å². The number of rotatable bonds is 2. The fourth-order valence-corrected chi connectivity index (χ4v) is 1.08. The molecule has 0 bridgehead atoms. The van der Waals surface area contributed by atoms with Crippen LogP contribution in [-0.2, 0) is 0 Å². The molecule has 1 rings (SSSR count). The molecule has 0 aliphatic rings. The van der Waals surface area contributed by atoms with Crippen molar-refractivity contribution in [1.82, 2.24) is 5.32 Å². The minimum atomic E-state index is -0.315. The van der Waals surface area contributed by atoms with E-state index in [1.807, 2.05) is 13.8 Å². The van der Waals surface area contributed by atoms with Gasteiger partial charge in [0, 0.05) is 11.7 Å². The maximum Gasteiger partial charge on any atom is 0.255 e. The average molecular weight is 194 g/mol. The number of carbonyl (C=O) groups is 1. The van der Waals surface area contributed by atoms with Gasteiger partial charge in [0.25, 0.3) is 5.91 Å². The molecule has 0 heterocycles. The van der Waals surface area contributed by atoms with E-state index in [1.54, 1.807) is 6.07 Å². The van der Waals surface area contributed by atoms with Crippen LogP contribution < -0.4 is 11.1 Å². The summed E-state index contributed by atoms with van der Waals surface area (Å²) in [6.45, 7) is 3.70. The second kappa shape index (κ2) is 4.00. The van der Waals surface area contributed by atoms with E-state index in [4.69, 9.17) is 5.73 Å². The highest BCUT2D eigenvalue weighted by Crippen LogP contribution is 2.19. The van der Waals surface area contributed by atoms with E-state index >= 15 is 0 Å². The van der Waals surface area contributed by atoms with Gasteiger partial charge in [-0.25, -0.2) is 0 Å². The number of phenolic OH excluding ortho intramolecular Hbond substituents is 1. The Hall–Kier alpha value is -1.71. The van der Waals surface area contributed by atoms with Crippen molar-refractivity contribution < 1.29 is 9.90 Å². The molecule has 0 aromatic heterocycles. The van der Waals surface area contributed by atoms with Gasteiger partial charge in [-0.2, -0.15) is 0 Å². The highest BCUT2D eigenvalue weighted by molar-refractivity contribution is 5.97. The van der Waals surface area contributed by atoms with Gasteiger partial charge in [-0.1, -0.05) is 0 Å². The van der Waals surface area contributed by atoms with Crippen LogP contribution in [0.1, 0.15) is 24.2 Å². The van der Waals surface area contributed by atoms with E-state index in [0.717, 1.165) is 0 Å². The molecule has 0 spiro atoms. The first-order chi connectivity index (χ1) is 6.50. The molecule has 1 amide bonds. The summed E-state index contributed by atoms with van der Waals surface area (Å²) in [6.07, 6.45) is 0. The predicted octanol–water partition coefficient (Wildman–Crippen LogP) is 1.11. The number of benzene rings is 1. The molecule has 0 atom stereocenters. The molecule has 0 fully saturated rings. The van der Waals surface area contributed by atoms with Gasteiger partial charge in [0.1, 0.15) is 5.75 Å². The molecule has 1 aromatic carbocycles. The largest absolute Gasteiger partial charge is 0.507 e. The van der Waals surface area contributed by atoms with Crippen LogP contribution in [0, 0.1) is 0 Å². The minimum absolute atomic E-state index is 0.0309. The zero-order chi connectivity index (χ0) is 10.7. The summed E-state index contributed by atoms with van der Waals surface area (Å²) < 4.78 is 0. The van der Waals surface area contributed by atoms with Gasteiger partial charge in [-0.05, 0) is 32.0 Å². The van der Waals surface area contributed by atoms with Gasteiger partial charge in [0.15, 0.2) is 0 Å². The molecule has 0 aliphatic heterocycles. The fourth-order valence-electron chi connectivity index (χ4n) is 1.08. The first-order valence-corrected chi connectivity index (χ1v) is 4.40. The average Bonchev–Trinajstić information content (AvgIpc) is 2.08. The summed E-state index contributed by atoms with van der Waals surface area (Å²) in [7, 11) is 0. The molecule has 4 nitrogen and oxygen atoms in total. The zero-order valence-electron chi connectivity index (χ0n) is 8.24. The molecule has 0 aliphatic carbocycles. The lowest BCUT2D eigenvalue weighted by Crippen LogP contribution is -2.30. The summed E-state index contributed by atoms with van der Waals surface area (Å²) >= 11 is 0. The predicted molar refractivity (Wildman–Crippen MR) is 55.1 cm³/mol. The number of nitrogens with one attached hydrogen (secondary N) is 1. The molecule has 4 N–H and O–H groups in total. The summed E-state index contributed by atoms with van der Waals surface area (Å²) in [5.41, 5.74) is 6.17. The van der Waals surface area contributed by atoms with E-state index in [0.29, 0.717) is 5.69 Å². The maximum absolute atomic E-state index is 11.5. The Morgan fingerprint density at radius 2 is 2.14 bits per heavy atom. The fraction of sp³-hybridized carbons (Fsp3) is 0.300. The van der Waals surface area contributed by atoms with E-state index in [2.05, 4.69) is 5.32 Å². The van der Waals surface area contributed by atoms with E-state index in [9.17, 15) is 9.90 Å². The first kappa shape index (κ1) is 10.4. The molecule has 0 saturated heterocycles. The third kappa shape index (κ3) is 2.39. The minimum Gasteiger partial charge on any atom is -0.507 e. The van der Waals surface area contributed by atoms with Gasteiger partial charge < -0.3 is 16.2 Å². The SMILES string of the molecule is CC(C)NC(=O)c1cc(N)ccc1O. The molecule has 0 saturated carbocycles. The van der Waals surface area contributed by atoms with Crippen LogP contribution in [0.25, 0.3) is 0 Å². The lowest BCUT2D eigenvalue weighted by atomic mass is 10.1. The maximum atomic E-state index is 11.5. The monoisotopic (exact) mass is 194 g/mol. The van der Waals surface area contributed by atoms with E-state index in [-0.39, 0.29) is 23.3 Å². The molecule has 1 aromatic rings. The second-order valence-electron chi connectivity index (χ2n) is 3.40. The van der Waals surface area contributed by atoms with Crippen LogP contribution in [0.15, 0.2) is 18.2 Å². The van der Waals surface area contributed by atoms with Gasteiger partial charge in [-0.15, -0.1) is 0 Å². The van der Waals surface area contributed by atoms with Crippen LogP contribution in [-0.4, -0.2) is 17.1 Å². The third-order valence-electron chi connectivity index (χ3n) is 1.69. The summed E-state index contributed by atoms with van der Waals surface area (Å²) in [4.78, 5) is 11.5. The second-order valence-corrected chi connectivity index (χ2v) is 3.40. The normalized spacial score (nSPS) is 10.2. The van der Waals surface area contributed by atoms with Crippen LogP contribution >= 0.6 is 0 Å². The summed E-state index contributed by atoms with van der Waals surface area (Å²) in [5.74, 6) is -0.373. The zero-order valence-corrected chi connectivity index (χ0v) is 8.24. The standard InChI is InChI=1S/C10H14N2O2/c1-6(2)12-10(14)8-5-7(11)3-4-9(8)13/h3-6,13H,11H2,1-2H3,(H,12,14). The highest BCUT2D eigenvalue weighted by Gasteiger charge is 2.11. The number of hydrogen-bond acceptors (Lipinski definition) is 3. The van der Waals surface area contributed by atoms with Gasteiger partial charge in [0.05, 0.1) is 5.56 Å². The van der Waals surface area contributed by atoms with Crippen LogP contribution in [0.3, 0.4) is 0 Å². The molecule has 4 heteroatoms. The quantitative estimate of drug-likeness (QED) is 0.487. The number of phenols is 1. The topological polar surface area (TPSA) is 75.4 Å². The molecule has 0 radical (unpaired) electrons. The molecule has 14 heavy (non-hydrogen) atoms. The molecular formula is C10H14N2O2. The van der Waals surface area contributed by atoms with Crippen LogP contribution in [0.4, 0.5) is 5.69 Å². The first-order valence-electron chi connectivity index (χ1n) is 4.40. The number of nitrogens with two attached hydrogens (primary N) is 1. The van der Waals surface area contributed by atoms with Crippen molar-refractivity contribution >= 4 is 11.6 Å². The lowest BCUT2D eigenvalue weighted by Gasteiger charge is -2.09. The number of anilines is 1. The Kier molecular flexibility index (Phi) is 2.96. The van der Waals surface area contributed by atoms with E-state index in [1.165, 1.54) is 12.1 Å². The lowest BCUT2D eigenvalue weighted by molar-refractivity contribution is 0.0940. The molecule has 76 valence electrons. The van der Waals surface area contributed by atoms with Crippen molar-refractivity contribution in [1.29, 1.82) is 0 Å². The Balaban J connectivity index is 2.94. The van der Waals surface area contributed by atoms with E-state index < -0.39 is 0 Å². The van der Waals surface area contributed by atoms with Crippen molar-refractivity contribution in [2.45, 2.75) is 19.9 Å². The van der Waals surface area contributed by atoms with Gasteiger partial charge in [-0.3, -0.25) is 4.79 Å². The van der Waals surface area contributed by atoms with Crippen molar-refractivity contribution in [3.8, 4) is 5.75 Å². The Morgan fingerprint density at radius 1 is 1.50 bits per heavy atom. The van der Waals surface area contributed by atoms with Crippen LogP contribution in [0.2, 0.25) is 0 Å². The Morgan fingerprint density at radius 3 is 2.71 bits per heavy atom. The summed E-state index contributed by atoms with van der Waals surface area (Å²) in [5, 5.41) is 12.1. The number of nitrogen functional groups attached to an aromatic ring is 1. The van der Waals surface area contributed by atoms with Crippen LogP contribution in [0.5, 0.6) is 5.75 Å². The number of carbonyl (C=O) groups excluding carboxylic acids is 1. The summed E-state index contributed by atoms with van der Waals surface area (Å²) in [6, 6.07) is 4.43. The van der Waals surface area contributed by atoms with Crippen molar-refractivity contribution in [3.05, 3.63) is 23.8 Å². The van der Waals surface area contributed by atoms with Crippen molar-refractivity contribution in [2.24, 2.45) is 0 Å². The molecule has 0 unspecified atom stereocenters. The van der Waals surface area contributed by atoms with Crippen molar-refractivity contribution in [3.63, 3.8) is 0 Å². The number of amides is 1. The Labute approximate surface area is 82.7 Å². The number of aromatic hydroxyl groups is 1.